The number of aliphatic hydroxyl groups is 5. The van der Waals surface area contributed by atoms with Crippen LogP contribution in [0, 0.1) is 0 Å². The Balaban J connectivity index is 1.57. The quantitative estimate of drug-likeness (QED) is 0.294. The monoisotopic (exact) mass is 413 g/mol. The number of carbonyl (C=O) groups is 1. The second-order valence-corrected chi connectivity index (χ2v) is 7.26. The molecule has 0 saturated carbocycles. The molecule has 1 fully saturated rings. The standard InChI is InChI=1S/C20H31NO8/c22-12-15-16(23)17(24)18(25)20(27,29-15)10-6-1-2-7-11-21-19(26)28-13-14-8-4-3-5-9-14/h3-5,8-9,15-18,22-25,27H,1-2,6-7,10-13H2,(H,21,26)/t15-,16-,17+,18-,20+/m1/s1. The number of aliphatic hydroxyl groups excluding tert-OH is 4. The van der Waals surface area contributed by atoms with E-state index in [2.05, 4.69) is 5.32 Å². The Morgan fingerprint density at radius 2 is 1.76 bits per heavy atom. The van der Waals surface area contributed by atoms with Gasteiger partial charge in [-0.3, -0.25) is 0 Å². The number of nitrogens with one attached hydrogen (secondary N) is 1. The lowest BCUT2D eigenvalue weighted by molar-refractivity contribution is -0.351. The van der Waals surface area contributed by atoms with Gasteiger partial charge in [-0.25, -0.2) is 4.79 Å². The molecule has 0 bridgehead atoms. The lowest BCUT2D eigenvalue weighted by Crippen LogP contribution is -2.65. The molecular formula is C20H31NO8. The number of alkyl carbamates (subject to hydrolysis) is 1. The van der Waals surface area contributed by atoms with E-state index in [-0.39, 0.29) is 13.0 Å². The van der Waals surface area contributed by atoms with Crippen LogP contribution in [-0.4, -0.2) is 75.0 Å². The third kappa shape index (κ3) is 6.91. The molecule has 5 atom stereocenters. The average Bonchev–Trinajstić information content (AvgIpc) is 2.73. The lowest BCUT2D eigenvalue weighted by atomic mass is 9.89. The number of rotatable bonds is 10. The van der Waals surface area contributed by atoms with Crippen molar-refractivity contribution < 1.29 is 39.8 Å². The minimum Gasteiger partial charge on any atom is -0.445 e. The SMILES string of the molecule is O=C(NCCCCCC[C@]1(O)O[C@H](CO)[C@@H](O)[C@H](O)[C@H]1O)OCc1ccccc1. The van der Waals surface area contributed by atoms with Gasteiger partial charge in [0.05, 0.1) is 6.61 Å². The Kier molecular flexibility index (Phi) is 9.28. The molecule has 164 valence electrons. The molecule has 1 heterocycles. The fourth-order valence-corrected chi connectivity index (χ4v) is 3.25. The van der Waals surface area contributed by atoms with Crippen LogP contribution in [0.5, 0.6) is 0 Å². The van der Waals surface area contributed by atoms with E-state index in [4.69, 9.17) is 9.47 Å². The number of hydrogen-bond acceptors (Lipinski definition) is 8. The van der Waals surface area contributed by atoms with Crippen LogP contribution in [0.3, 0.4) is 0 Å². The zero-order valence-corrected chi connectivity index (χ0v) is 16.3. The van der Waals surface area contributed by atoms with Crippen molar-refractivity contribution in [3.8, 4) is 0 Å². The van der Waals surface area contributed by atoms with Crippen LogP contribution in [0.15, 0.2) is 30.3 Å². The van der Waals surface area contributed by atoms with E-state index in [1.807, 2.05) is 30.3 Å². The first-order valence-electron chi connectivity index (χ1n) is 9.87. The Morgan fingerprint density at radius 1 is 1.07 bits per heavy atom. The van der Waals surface area contributed by atoms with Gasteiger partial charge in [0, 0.05) is 13.0 Å². The molecule has 1 amide bonds. The van der Waals surface area contributed by atoms with Gasteiger partial charge in [0.25, 0.3) is 0 Å². The summed E-state index contributed by atoms with van der Waals surface area (Å²) < 4.78 is 10.3. The number of ether oxygens (including phenoxy) is 2. The Bertz CT molecular complexity index is 614. The Labute approximate surface area is 169 Å². The number of carbonyl (C=O) groups excluding carboxylic acids is 1. The molecule has 2 rings (SSSR count). The smallest absolute Gasteiger partial charge is 0.407 e. The van der Waals surface area contributed by atoms with E-state index in [1.165, 1.54) is 0 Å². The number of unbranched alkanes of at least 4 members (excludes halogenated alkanes) is 3. The van der Waals surface area contributed by atoms with Crippen LogP contribution in [0.25, 0.3) is 0 Å². The summed E-state index contributed by atoms with van der Waals surface area (Å²) in [5.41, 5.74) is 0.911. The summed E-state index contributed by atoms with van der Waals surface area (Å²) in [5.74, 6) is -2.02. The molecule has 6 N–H and O–H groups in total. The maximum Gasteiger partial charge on any atom is 0.407 e. The predicted molar refractivity (Wildman–Crippen MR) is 103 cm³/mol. The minimum absolute atomic E-state index is 0.0427. The summed E-state index contributed by atoms with van der Waals surface area (Å²) in [6, 6.07) is 9.38. The van der Waals surface area contributed by atoms with E-state index in [0.717, 1.165) is 12.0 Å². The molecule has 1 aliphatic heterocycles. The molecule has 1 aromatic carbocycles. The fourth-order valence-electron chi connectivity index (χ4n) is 3.25. The second kappa shape index (κ2) is 11.4. The highest BCUT2D eigenvalue weighted by Crippen LogP contribution is 2.32. The summed E-state index contributed by atoms with van der Waals surface area (Å²) in [4.78, 5) is 11.6. The summed E-state index contributed by atoms with van der Waals surface area (Å²) in [6.45, 7) is 0.0801. The van der Waals surface area contributed by atoms with E-state index >= 15 is 0 Å². The van der Waals surface area contributed by atoms with Crippen molar-refractivity contribution in [2.75, 3.05) is 13.2 Å². The molecule has 0 spiro atoms. The maximum absolute atomic E-state index is 11.6. The van der Waals surface area contributed by atoms with Gasteiger partial charge in [0.2, 0.25) is 0 Å². The minimum atomic E-state index is -2.02. The first-order valence-corrected chi connectivity index (χ1v) is 9.87. The summed E-state index contributed by atoms with van der Waals surface area (Å²) in [6.07, 6.45) is -3.67. The second-order valence-electron chi connectivity index (χ2n) is 7.26. The topological polar surface area (TPSA) is 149 Å². The molecule has 1 aliphatic rings. The van der Waals surface area contributed by atoms with Crippen LogP contribution in [-0.2, 0) is 16.1 Å². The summed E-state index contributed by atoms with van der Waals surface area (Å²) >= 11 is 0. The van der Waals surface area contributed by atoms with Crippen LogP contribution >= 0.6 is 0 Å². The van der Waals surface area contributed by atoms with Crippen LogP contribution in [0.1, 0.15) is 37.7 Å². The molecule has 29 heavy (non-hydrogen) atoms. The van der Waals surface area contributed by atoms with Crippen molar-refractivity contribution >= 4 is 6.09 Å². The van der Waals surface area contributed by atoms with Crippen LogP contribution < -0.4 is 5.32 Å². The van der Waals surface area contributed by atoms with E-state index in [9.17, 15) is 30.3 Å². The van der Waals surface area contributed by atoms with Crippen molar-refractivity contribution in [3.05, 3.63) is 35.9 Å². The third-order valence-corrected chi connectivity index (χ3v) is 5.00. The normalized spacial score (nSPS) is 29.4. The van der Waals surface area contributed by atoms with Gasteiger partial charge in [-0.2, -0.15) is 0 Å². The van der Waals surface area contributed by atoms with Gasteiger partial charge in [-0.15, -0.1) is 0 Å². The van der Waals surface area contributed by atoms with E-state index in [0.29, 0.717) is 25.8 Å². The molecule has 1 aromatic rings. The van der Waals surface area contributed by atoms with Gasteiger partial charge in [-0.1, -0.05) is 43.2 Å². The van der Waals surface area contributed by atoms with Crippen molar-refractivity contribution in [1.82, 2.24) is 5.32 Å². The van der Waals surface area contributed by atoms with Gasteiger partial charge in [-0.05, 0) is 18.4 Å². The van der Waals surface area contributed by atoms with Gasteiger partial charge in [0.15, 0.2) is 5.79 Å². The summed E-state index contributed by atoms with van der Waals surface area (Å²) in [5, 5.41) is 51.8. The predicted octanol–water partition coefficient (Wildman–Crippen LogP) is 0.0257. The zero-order valence-electron chi connectivity index (χ0n) is 16.3. The molecule has 0 unspecified atom stereocenters. The fraction of sp³-hybridized carbons (Fsp3) is 0.650. The molecule has 0 aromatic heterocycles. The van der Waals surface area contributed by atoms with Gasteiger partial charge >= 0.3 is 6.09 Å². The highest BCUT2D eigenvalue weighted by molar-refractivity contribution is 5.67. The summed E-state index contributed by atoms with van der Waals surface area (Å²) in [7, 11) is 0. The largest absolute Gasteiger partial charge is 0.445 e. The maximum atomic E-state index is 11.6. The Hall–Kier alpha value is -1.75. The molecule has 0 aliphatic carbocycles. The first kappa shape index (κ1) is 23.5. The molecule has 1 saturated heterocycles. The van der Waals surface area contributed by atoms with Crippen molar-refractivity contribution in [2.24, 2.45) is 0 Å². The zero-order chi connectivity index (χ0) is 21.3. The van der Waals surface area contributed by atoms with Crippen LogP contribution in [0.2, 0.25) is 0 Å². The Morgan fingerprint density at radius 3 is 2.45 bits per heavy atom. The first-order chi connectivity index (χ1) is 13.9. The highest BCUT2D eigenvalue weighted by atomic mass is 16.7. The molecular weight excluding hydrogens is 382 g/mol. The molecule has 0 radical (unpaired) electrons. The van der Waals surface area contributed by atoms with Gasteiger partial charge < -0.3 is 40.3 Å². The highest BCUT2D eigenvalue weighted by Gasteiger charge is 2.51. The lowest BCUT2D eigenvalue weighted by Gasteiger charge is -2.45. The molecule has 9 heteroatoms. The van der Waals surface area contributed by atoms with Crippen LogP contribution in [0.4, 0.5) is 4.79 Å². The third-order valence-electron chi connectivity index (χ3n) is 5.00. The van der Waals surface area contributed by atoms with Crippen molar-refractivity contribution in [2.45, 2.75) is 68.9 Å². The number of hydrogen-bond donors (Lipinski definition) is 6. The van der Waals surface area contributed by atoms with Crippen molar-refractivity contribution in [3.63, 3.8) is 0 Å². The van der Waals surface area contributed by atoms with Gasteiger partial charge in [0.1, 0.15) is 31.0 Å². The van der Waals surface area contributed by atoms with E-state index in [1.54, 1.807) is 0 Å². The van der Waals surface area contributed by atoms with Crippen molar-refractivity contribution in [1.29, 1.82) is 0 Å². The average molecular weight is 413 g/mol. The number of benzene rings is 1. The molecule has 9 nitrogen and oxygen atoms in total. The van der Waals surface area contributed by atoms with E-state index < -0.39 is 42.9 Å². The number of amides is 1.